The van der Waals surface area contributed by atoms with Gasteiger partial charge in [-0.2, -0.15) is 0 Å². The van der Waals surface area contributed by atoms with Gasteiger partial charge in [-0.15, -0.1) is 0 Å². The summed E-state index contributed by atoms with van der Waals surface area (Å²) in [4.78, 5) is 48.2. The van der Waals surface area contributed by atoms with E-state index in [0.717, 1.165) is 37.0 Å². The molecule has 2 fully saturated rings. The monoisotopic (exact) mass is 465 g/mol. The number of methoxy groups -OCH3 is 1. The zero-order valence-corrected chi connectivity index (χ0v) is 19.5. The van der Waals surface area contributed by atoms with Crippen LogP contribution in [0, 0.1) is 5.92 Å². The molecule has 0 radical (unpaired) electrons. The molecular weight excluding hydrogens is 434 g/mol. The van der Waals surface area contributed by atoms with Gasteiger partial charge in [0.1, 0.15) is 5.75 Å². The summed E-state index contributed by atoms with van der Waals surface area (Å²) in [5, 5.41) is 5.78. The predicted molar refractivity (Wildman–Crippen MR) is 126 cm³/mol. The number of anilines is 1. The Morgan fingerprint density at radius 2 is 1.68 bits per heavy atom. The van der Waals surface area contributed by atoms with Gasteiger partial charge in [0, 0.05) is 37.4 Å². The molecule has 180 valence electrons. The van der Waals surface area contributed by atoms with Gasteiger partial charge in [-0.3, -0.25) is 14.4 Å². The predicted octanol–water partition coefficient (Wildman–Crippen LogP) is 2.58. The fraction of sp³-hybridized carbons (Fsp3) is 0.480. The van der Waals surface area contributed by atoms with Gasteiger partial charge in [-0.1, -0.05) is 25.0 Å². The molecule has 1 aromatic carbocycles. The summed E-state index contributed by atoms with van der Waals surface area (Å²) in [6, 6.07) is 7.42. The van der Waals surface area contributed by atoms with Crippen molar-refractivity contribution in [3.63, 3.8) is 0 Å². The number of hydrogen-bond acceptors (Lipinski definition) is 6. The maximum atomic E-state index is 12.9. The molecule has 0 unspecified atom stereocenters. The summed E-state index contributed by atoms with van der Waals surface area (Å²) < 4.78 is 5.16. The molecule has 1 aromatic heterocycles. The van der Waals surface area contributed by atoms with Crippen LogP contribution < -0.4 is 15.4 Å². The van der Waals surface area contributed by atoms with E-state index in [1.807, 2.05) is 29.2 Å². The van der Waals surface area contributed by atoms with Crippen molar-refractivity contribution in [2.45, 2.75) is 51.0 Å². The molecule has 2 aromatic rings. The topological polar surface area (TPSA) is 114 Å². The van der Waals surface area contributed by atoms with Crippen LogP contribution in [-0.4, -0.2) is 58.8 Å². The van der Waals surface area contributed by atoms with Crippen LogP contribution in [0.15, 0.2) is 36.7 Å². The van der Waals surface area contributed by atoms with Gasteiger partial charge in [0.2, 0.25) is 11.8 Å². The Morgan fingerprint density at radius 1 is 1.00 bits per heavy atom. The first-order valence-electron chi connectivity index (χ1n) is 11.9. The van der Waals surface area contributed by atoms with Crippen molar-refractivity contribution in [2.24, 2.45) is 5.92 Å². The van der Waals surface area contributed by atoms with Crippen molar-refractivity contribution in [1.29, 1.82) is 0 Å². The van der Waals surface area contributed by atoms with Crippen molar-refractivity contribution in [1.82, 2.24) is 20.2 Å². The molecule has 2 N–H and O–H groups in total. The van der Waals surface area contributed by atoms with Gasteiger partial charge >= 0.3 is 0 Å². The van der Waals surface area contributed by atoms with Gasteiger partial charge < -0.3 is 20.3 Å². The Kier molecular flexibility index (Phi) is 7.72. The molecule has 4 rings (SSSR count). The molecule has 9 heteroatoms. The molecule has 1 saturated carbocycles. The molecular formula is C25H31N5O4. The Bertz CT molecular complexity index is 1010. The zero-order chi connectivity index (χ0) is 23.9. The number of nitrogens with zero attached hydrogens (tertiary/aromatic N) is 3. The second-order valence-electron chi connectivity index (χ2n) is 8.88. The third-order valence-electron chi connectivity index (χ3n) is 6.58. The molecule has 9 nitrogen and oxygen atoms in total. The van der Waals surface area contributed by atoms with Gasteiger partial charge in [-0.25, -0.2) is 9.97 Å². The fourth-order valence-corrected chi connectivity index (χ4v) is 4.56. The quantitative estimate of drug-likeness (QED) is 0.650. The number of carbonyl (C=O) groups is 3. The molecule has 1 aliphatic carbocycles. The van der Waals surface area contributed by atoms with Gasteiger partial charge in [0.15, 0.2) is 11.5 Å². The number of rotatable bonds is 7. The Morgan fingerprint density at radius 3 is 2.35 bits per heavy atom. The highest BCUT2D eigenvalue weighted by Gasteiger charge is 2.27. The highest BCUT2D eigenvalue weighted by atomic mass is 16.5. The lowest BCUT2D eigenvalue weighted by Crippen LogP contribution is -2.47. The highest BCUT2D eigenvalue weighted by molar-refractivity contribution is 6.01. The van der Waals surface area contributed by atoms with Gasteiger partial charge in [0.25, 0.3) is 5.91 Å². The number of carbonyl (C=O) groups excluding carboxylic acids is 3. The normalized spacial score (nSPS) is 16.8. The summed E-state index contributed by atoms with van der Waals surface area (Å²) in [6.45, 7) is 1.15. The van der Waals surface area contributed by atoms with Crippen LogP contribution in [0.4, 0.5) is 5.82 Å². The molecule has 34 heavy (non-hydrogen) atoms. The second kappa shape index (κ2) is 11.1. The Hall–Kier alpha value is -3.49. The molecule has 0 bridgehead atoms. The first kappa shape index (κ1) is 23.7. The van der Waals surface area contributed by atoms with Crippen LogP contribution in [-0.2, 0) is 16.0 Å². The Balaban J connectivity index is 1.28. The van der Waals surface area contributed by atoms with Gasteiger partial charge in [-0.05, 0) is 43.4 Å². The average Bonchev–Trinajstić information content (AvgIpc) is 3.40. The number of nitrogens with one attached hydrogen (secondary N) is 2. The minimum atomic E-state index is -0.363. The van der Waals surface area contributed by atoms with E-state index in [0.29, 0.717) is 32.4 Å². The maximum absolute atomic E-state index is 12.9. The number of benzene rings is 1. The van der Waals surface area contributed by atoms with Crippen LogP contribution in [0.25, 0.3) is 0 Å². The van der Waals surface area contributed by atoms with E-state index < -0.39 is 0 Å². The molecule has 0 atom stereocenters. The average molecular weight is 466 g/mol. The third-order valence-corrected chi connectivity index (χ3v) is 6.58. The smallest absolute Gasteiger partial charge is 0.273 e. The molecule has 0 spiro atoms. The standard InChI is InChI=1S/C25H31N5O4/c1-34-20-8-6-17(7-9-20)16-21(31)30-14-10-19(11-15-30)28-25(33)22-23(27-13-12-26-22)29-24(32)18-4-2-3-5-18/h6-9,12-13,18-19H,2-5,10-11,14-16H2,1H3,(H,28,33)(H,27,29,32). The van der Waals surface area contributed by atoms with E-state index in [4.69, 9.17) is 4.74 Å². The summed E-state index contributed by atoms with van der Waals surface area (Å²) >= 11 is 0. The minimum Gasteiger partial charge on any atom is -0.497 e. The zero-order valence-electron chi connectivity index (χ0n) is 19.5. The lowest BCUT2D eigenvalue weighted by atomic mass is 10.0. The SMILES string of the molecule is COc1ccc(CC(=O)N2CCC(NC(=O)c3nccnc3NC(=O)C3CCCC3)CC2)cc1. The lowest BCUT2D eigenvalue weighted by Gasteiger charge is -2.32. The van der Waals surface area contributed by atoms with Crippen LogP contribution in [0.2, 0.25) is 0 Å². The first-order valence-corrected chi connectivity index (χ1v) is 11.9. The Labute approximate surface area is 199 Å². The lowest BCUT2D eigenvalue weighted by molar-refractivity contribution is -0.131. The van der Waals surface area contributed by atoms with Crippen LogP contribution >= 0.6 is 0 Å². The number of aromatic nitrogens is 2. The van der Waals surface area contributed by atoms with Crippen molar-refractivity contribution < 1.29 is 19.1 Å². The number of likely N-dealkylation sites (tertiary alicyclic amines) is 1. The highest BCUT2D eigenvalue weighted by Crippen LogP contribution is 2.26. The fourth-order valence-electron chi connectivity index (χ4n) is 4.56. The van der Waals surface area contributed by atoms with Crippen LogP contribution in [0.1, 0.15) is 54.6 Å². The summed E-state index contributed by atoms with van der Waals surface area (Å²) in [7, 11) is 1.61. The first-order chi connectivity index (χ1) is 16.5. The van der Waals surface area contributed by atoms with E-state index in [1.165, 1.54) is 12.4 Å². The summed E-state index contributed by atoms with van der Waals surface area (Å²) in [5.74, 6) is 0.535. The third kappa shape index (κ3) is 5.89. The van der Waals surface area contributed by atoms with Crippen LogP contribution in [0.3, 0.4) is 0 Å². The number of piperidine rings is 1. The van der Waals surface area contributed by atoms with Crippen molar-refractivity contribution in [3.05, 3.63) is 47.9 Å². The maximum Gasteiger partial charge on any atom is 0.273 e. The molecule has 1 aliphatic heterocycles. The van der Waals surface area contributed by atoms with E-state index in [2.05, 4.69) is 20.6 Å². The van der Waals surface area contributed by atoms with Crippen LogP contribution in [0.5, 0.6) is 5.75 Å². The molecule has 1 saturated heterocycles. The molecule has 2 heterocycles. The van der Waals surface area contributed by atoms with Gasteiger partial charge in [0.05, 0.1) is 13.5 Å². The number of hydrogen-bond donors (Lipinski definition) is 2. The second-order valence-corrected chi connectivity index (χ2v) is 8.88. The molecule has 3 amide bonds. The van der Waals surface area contributed by atoms with Crippen molar-refractivity contribution >= 4 is 23.5 Å². The van der Waals surface area contributed by atoms with Crippen molar-refractivity contribution in [3.8, 4) is 5.75 Å². The number of ether oxygens (including phenoxy) is 1. The van der Waals surface area contributed by atoms with E-state index >= 15 is 0 Å². The minimum absolute atomic E-state index is 0.0299. The van der Waals surface area contributed by atoms with Crippen molar-refractivity contribution in [2.75, 3.05) is 25.5 Å². The number of amides is 3. The largest absolute Gasteiger partial charge is 0.497 e. The summed E-state index contributed by atoms with van der Waals surface area (Å²) in [6.07, 6.45) is 8.39. The van der Waals surface area contributed by atoms with E-state index in [9.17, 15) is 14.4 Å². The molecule has 2 aliphatic rings. The van der Waals surface area contributed by atoms with E-state index in [1.54, 1.807) is 7.11 Å². The summed E-state index contributed by atoms with van der Waals surface area (Å²) in [5.41, 5.74) is 1.06. The van der Waals surface area contributed by atoms with E-state index in [-0.39, 0.29) is 41.2 Å².